The van der Waals surface area contributed by atoms with Crippen LogP contribution in [-0.2, 0) is 6.18 Å². The van der Waals surface area contributed by atoms with Crippen LogP contribution < -0.4 is 5.73 Å². The zero-order valence-electron chi connectivity index (χ0n) is 13.0. The molecule has 2 N–H and O–H groups in total. The number of aromatic nitrogens is 1. The first-order chi connectivity index (χ1) is 11.1. The van der Waals surface area contributed by atoms with Crippen molar-refractivity contribution >= 4 is 23.3 Å². The summed E-state index contributed by atoms with van der Waals surface area (Å²) in [7, 11) is 0. The fourth-order valence-electron chi connectivity index (χ4n) is 2.47. The molecule has 1 heterocycles. The molecule has 0 atom stereocenters. The predicted octanol–water partition coefficient (Wildman–Crippen LogP) is 4.31. The van der Waals surface area contributed by atoms with Crippen molar-refractivity contribution in [2.45, 2.75) is 20.0 Å². The number of aryl methyl sites for hydroxylation is 1. The van der Waals surface area contributed by atoms with Crippen molar-refractivity contribution in [3.8, 4) is 11.8 Å². The minimum absolute atomic E-state index is 0.0265. The number of alkyl halides is 3. The average Bonchev–Trinajstić information content (AvgIpc) is 2.77. The molecule has 0 saturated heterocycles. The first-order valence-corrected chi connectivity index (χ1v) is 7.34. The van der Waals surface area contributed by atoms with Crippen LogP contribution in [0.2, 0.25) is 0 Å². The van der Waals surface area contributed by atoms with Crippen LogP contribution in [0.3, 0.4) is 0 Å². The standard InChI is InChI=1S/C17H14F3N3S/c1-10-6-12(7-13(9-21)16(22)24)11(2)23(10)15-5-3-4-14(8-15)17(18,19)20/h3-8H,1-2H3,(H2,22,24)/b13-7-. The maximum atomic E-state index is 12.9. The molecule has 1 aromatic carbocycles. The van der Waals surface area contributed by atoms with Gasteiger partial charge in [0.1, 0.15) is 11.1 Å². The lowest BCUT2D eigenvalue weighted by Crippen LogP contribution is -2.09. The van der Waals surface area contributed by atoms with E-state index in [1.807, 2.05) is 6.07 Å². The van der Waals surface area contributed by atoms with Gasteiger partial charge < -0.3 is 10.3 Å². The van der Waals surface area contributed by atoms with E-state index >= 15 is 0 Å². The lowest BCUT2D eigenvalue weighted by Gasteiger charge is -2.13. The second kappa shape index (κ2) is 6.49. The van der Waals surface area contributed by atoms with E-state index in [4.69, 9.17) is 23.2 Å². The molecule has 124 valence electrons. The van der Waals surface area contributed by atoms with Crippen LogP contribution in [0.15, 0.2) is 35.9 Å². The molecule has 0 fully saturated rings. The highest BCUT2D eigenvalue weighted by Crippen LogP contribution is 2.31. The smallest absolute Gasteiger partial charge is 0.389 e. The lowest BCUT2D eigenvalue weighted by molar-refractivity contribution is -0.137. The van der Waals surface area contributed by atoms with E-state index in [-0.39, 0.29) is 10.6 Å². The number of nitriles is 1. The molecular weight excluding hydrogens is 335 g/mol. The maximum Gasteiger partial charge on any atom is 0.416 e. The number of benzene rings is 1. The number of hydrogen-bond acceptors (Lipinski definition) is 2. The van der Waals surface area contributed by atoms with Crippen LogP contribution in [0.25, 0.3) is 11.8 Å². The summed E-state index contributed by atoms with van der Waals surface area (Å²) in [4.78, 5) is -0.0265. The number of thiocarbonyl (C=S) groups is 1. The fraction of sp³-hybridized carbons (Fsp3) is 0.176. The molecule has 24 heavy (non-hydrogen) atoms. The normalized spacial score (nSPS) is 12.1. The minimum Gasteiger partial charge on any atom is -0.389 e. The highest BCUT2D eigenvalue weighted by Gasteiger charge is 2.30. The first kappa shape index (κ1) is 17.8. The SMILES string of the molecule is Cc1cc(/C=C(/C#N)C(N)=S)c(C)n1-c1cccc(C(F)(F)F)c1. The highest BCUT2D eigenvalue weighted by molar-refractivity contribution is 7.80. The largest absolute Gasteiger partial charge is 0.416 e. The van der Waals surface area contributed by atoms with Gasteiger partial charge in [-0.25, -0.2) is 0 Å². The third-order valence-corrected chi connectivity index (χ3v) is 3.81. The van der Waals surface area contributed by atoms with Crippen LogP contribution in [0.4, 0.5) is 13.2 Å². The Morgan fingerprint density at radius 1 is 1.29 bits per heavy atom. The van der Waals surface area contributed by atoms with E-state index in [1.54, 1.807) is 30.5 Å². The number of nitrogens with two attached hydrogens (primary N) is 1. The van der Waals surface area contributed by atoms with Gasteiger partial charge in [-0.1, -0.05) is 18.3 Å². The Balaban J connectivity index is 2.59. The molecule has 0 bridgehead atoms. The Kier molecular flexibility index (Phi) is 4.81. The third-order valence-electron chi connectivity index (χ3n) is 3.59. The van der Waals surface area contributed by atoms with E-state index < -0.39 is 11.7 Å². The van der Waals surface area contributed by atoms with Gasteiger partial charge in [-0.05, 0) is 49.8 Å². The Morgan fingerprint density at radius 2 is 1.96 bits per heavy atom. The second-order valence-electron chi connectivity index (χ2n) is 5.24. The van der Waals surface area contributed by atoms with Gasteiger partial charge in [-0.2, -0.15) is 18.4 Å². The summed E-state index contributed by atoms with van der Waals surface area (Å²) in [5.74, 6) is 0. The Labute approximate surface area is 142 Å². The van der Waals surface area contributed by atoms with Crippen molar-refractivity contribution in [2.75, 3.05) is 0 Å². The summed E-state index contributed by atoms with van der Waals surface area (Å²) < 4.78 is 40.4. The molecule has 0 radical (unpaired) electrons. The first-order valence-electron chi connectivity index (χ1n) is 6.93. The molecule has 7 heteroatoms. The summed E-state index contributed by atoms with van der Waals surface area (Å²) in [6.07, 6.45) is -2.87. The molecule has 2 aromatic rings. The molecule has 0 unspecified atom stereocenters. The van der Waals surface area contributed by atoms with E-state index in [1.165, 1.54) is 12.1 Å². The molecule has 0 aliphatic rings. The average molecular weight is 349 g/mol. The Bertz CT molecular complexity index is 870. The molecule has 0 amide bonds. The van der Waals surface area contributed by atoms with Crippen LogP contribution in [-0.4, -0.2) is 9.56 Å². The quantitative estimate of drug-likeness (QED) is 0.510. The van der Waals surface area contributed by atoms with Crippen molar-refractivity contribution < 1.29 is 13.2 Å². The molecule has 0 spiro atoms. The van der Waals surface area contributed by atoms with Crippen LogP contribution >= 0.6 is 12.2 Å². The van der Waals surface area contributed by atoms with E-state index in [0.29, 0.717) is 16.9 Å². The molecule has 3 nitrogen and oxygen atoms in total. The lowest BCUT2D eigenvalue weighted by atomic mass is 10.1. The van der Waals surface area contributed by atoms with Crippen molar-refractivity contribution in [3.05, 3.63) is 58.4 Å². The van der Waals surface area contributed by atoms with Crippen molar-refractivity contribution in [1.29, 1.82) is 5.26 Å². The molecule has 0 aliphatic carbocycles. The molecule has 0 saturated carbocycles. The number of nitrogens with zero attached hydrogens (tertiary/aromatic N) is 2. The number of rotatable bonds is 3. The molecule has 1 aromatic heterocycles. The van der Waals surface area contributed by atoms with Gasteiger partial charge in [0.2, 0.25) is 0 Å². The van der Waals surface area contributed by atoms with Gasteiger partial charge in [0.15, 0.2) is 0 Å². The summed E-state index contributed by atoms with van der Waals surface area (Å²) in [5.41, 5.74) is 7.40. The molecular formula is C17H14F3N3S. The van der Waals surface area contributed by atoms with Crippen LogP contribution in [0, 0.1) is 25.2 Å². The minimum atomic E-state index is -4.41. The summed E-state index contributed by atoms with van der Waals surface area (Å²) in [6.45, 7) is 3.53. The zero-order chi connectivity index (χ0) is 18.1. The van der Waals surface area contributed by atoms with E-state index in [9.17, 15) is 13.2 Å². The van der Waals surface area contributed by atoms with Gasteiger partial charge in [-0.15, -0.1) is 0 Å². The zero-order valence-corrected chi connectivity index (χ0v) is 13.8. The molecule has 0 aliphatic heterocycles. The van der Waals surface area contributed by atoms with Crippen molar-refractivity contribution in [3.63, 3.8) is 0 Å². The number of hydrogen-bond donors (Lipinski definition) is 1. The van der Waals surface area contributed by atoms with Gasteiger partial charge in [0.05, 0.1) is 11.1 Å². The summed E-state index contributed by atoms with van der Waals surface area (Å²) in [6, 6.07) is 8.76. The maximum absolute atomic E-state index is 12.9. The van der Waals surface area contributed by atoms with Gasteiger partial charge in [-0.3, -0.25) is 0 Å². The predicted molar refractivity (Wildman–Crippen MR) is 90.6 cm³/mol. The van der Waals surface area contributed by atoms with Crippen LogP contribution in [0.5, 0.6) is 0 Å². The summed E-state index contributed by atoms with van der Waals surface area (Å²) in [5, 5.41) is 9.05. The second-order valence-corrected chi connectivity index (χ2v) is 5.68. The van der Waals surface area contributed by atoms with E-state index in [2.05, 4.69) is 0 Å². The Morgan fingerprint density at radius 3 is 2.50 bits per heavy atom. The number of halogens is 3. The fourth-order valence-corrected chi connectivity index (χ4v) is 2.57. The van der Waals surface area contributed by atoms with Gasteiger partial charge in [0, 0.05) is 17.1 Å². The Hall–Kier alpha value is -2.59. The topological polar surface area (TPSA) is 54.7 Å². The third kappa shape index (κ3) is 3.49. The van der Waals surface area contributed by atoms with Gasteiger partial charge >= 0.3 is 6.18 Å². The van der Waals surface area contributed by atoms with Crippen LogP contribution in [0.1, 0.15) is 22.5 Å². The van der Waals surface area contributed by atoms with Crippen molar-refractivity contribution in [2.24, 2.45) is 5.73 Å². The molecule has 2 rings (SSSR count). The van der Waals surface area contributed by atoms with E-state index in [0.717, 1.165) is 17.8 Å². The summed E-state index contributed by atoms with van der Waals surface area (Å²) >= 11 is 4.80. The highest BCUT2D eigenvalue weighted by atomic mass is 32.1. The van der Waals surface area contributed by atoms with Crippen molar-refractivity contribution in [1.82, 2.24) is 4.57 Å². The monoisotopic (exact) mass is 349 g/mol. The van der Waals surface area contributed by atoms with Gasteiger partial charge in [0.25, 0.3) is 0 Å².